The molecule has 3 aromatic rings. The summed E-state index contributed by atoms with van der Waals surface area (Å²) in [5.41, 5.74) is 1.51. The number of carbonyl (C=O) groups is 2. The highest BCUT2D eigenvalue weighted by Gasteiger charge is 2.23. The van der Waals surface area contributed by atoms with Crippen LogP contribution in [-0.4, -0.2) is 40.3 Å². The van der Waals surface area contributed by atoms with Crippen LogP contribution in [0.4, 0.5) is 14.6 Å². The van der Waals surface area contributed by atoms with Crippen molar-refractivity contribution in [2.45, 2.75) is 38.3 Å². The molecule has 180 valence electrons. The predicted molar refractivity (Wildman–Crippen MR) is 121 cm³/mol. The molecule has 2 aromatic carbocycles. The van der Waals surface area contributed by atoms with Crippen LogP contribution < -0.4 is 15.4 Å². The number of hydrogen-bond donors (Lipinski definition) is 4. The van der Waals surface area contributed by atoms with E-state index < -0.39 is 35.6 Å². The van der Waals surface area contributed by atoms with Gasteiger partial charge in [-0.1, -0.05) is 19.1 Å². The Morgan fingerprint density at radius 2 is 1.68 bits per heavy atom. The van der Waals surface area contributed by atoms with E-state index in [-0.39, 0.29) is 11.7 Å². The minimum Gasteiger partial charge on any atom is -0.497 e. The largest absolute Gasteiger partial charge is 0.497 e. The molecule has 8 nitrogen and oxygen atoms in total. The van der Waals surface area contributed by atoms with Crippen molar-refractivity contribution in [2.75, 3.05) is 12.4 Å². The molecule has 0 aliphatic rings. The first-order valence-corrected chi connectivity index (χ1v) is 10.6. The van der Waals surface area contributed by atoms with Gasteiger partial charge in [-0.25, -0.2) is 8.78 Å². The third-order valence-electron chi connectivity index (χ3n) is 5.29. The number of aromatic nitrogens is 2. The van der Waals surface area contributed by atoms with Crippen LogP contribution in [0.5, 0.6) is 5.75 Å². The highest BCUT2D eigenvalue weighted by molar-refractivity contribution is 5.97. The van der Waals surface area contributed by atoms with Gasteiger partial charge in [-0.05, 0) is 54.7 Å². The van der Waals surface area contributed by atoms with Crippen molar-refractivity contribution in [1.29, 1.82) is 0 Å². The fourth-order valence-electron chi connectivity index (χ4n) is 3.37. The predicted octanol–water partition coefficient (Wildman–Crippen LogP) is 3.22. The summed E-state index contributed by atoms with van der Waals surface area (Å²) in [5, 5.41) is 22.1. The topological polar surface area (TPSA) is 116 Å². The number of ether oxygens (including phenoxy) is 1. The minimum atomic E-state index is -1.45. The number of aliphatic hydroxyl groups is 1. The number of amides is 2. The van der Waals surface area contributed by atoms with Crippen LogP contribution >= 0.6 is 0 Å². The fourth-order valence-corrected chi connectivity index (χ4v) is 3.37. The van der Waals surface area contributed by atoms with Gasteiger partial charge in [0.05, 0.1) is 7.11 Å². The number of rotatable bonds is 9. The summed E-state index contributed by atoms with van der Waals surface area (Å²) in [7, 11) is 1.51. The van der Waals surface area contributed by atoms with Crippen LogP contribution in [0.15, 0.2) is 48.5 Å². The Kier molecular flexibility index (Phi) is 7.95. The SMILES string of the molecule is COc1ccc(C(O)C(=O)NC(C)C(=O)Nc2cc(CC(C)c3cc(F)cc(F)c3)[nH]n2)cc1. The molecule has 3 unspecified atom stereocenters. The van der Waals surface area contributed by atoms with E-state index in [2.05, 4.69) is 20.8 Å². The number of benzene rings is 2. The molecule has 2 amide bonds. The van der Waals surface area contributed by atoms with Gasteiger partial charge in [0.15, 0.2) is 11.9 Å². The Balaban J connectivity index is 1.54. The summed E-state index contributed by atoms with van der Waals surface area (Å²) in [6, 6.07) is 10.4. The summed E-state index contributed by atoms with van der Waals surface area (Å²) in [4.78, 5) is 24.8. The van der Waals surface area contributed by atoms with Gasteiger partial charge in [-0.3, -0.25) is 14.7 Å². The molecule has 3 atom stereocenters. The maximum absolute atomic E-state index is 13.5. The van der Waals surface area contributed by atoms with E-state index in [0.717, 1.165) is 6.07 Å². The molecule has 0 aliphatic heterocycles. The van der Waals surface area contributed by atoms with Crippen molar-refractivity contribution in [3.05, 3.63) is 77.0 Å². The lowest BCUT2D eigenvalue weighted by Crippen LogP contribution is -2.43. The monoisotopic (exact) mass is 472 g/mol. The molecule has 1 aromatic heterocycles. The van der Waals surface area contributed by atoms with Crippen molar-refractivity contribution >= 4 is 17.6 Å². The quantitative estimate of drug-likeness (QED) is 0.382. The van der Waals surface area contributed by atoms with Crippen molar-refractivity contribution in [1.82, 2.24) is 15.5 Å². The number of halogens is 2. The summed E-state index contributed by atoms with van der Waals surface area (Å²) >= 11 is 0. The van der Waals surface area contributed by atoms with E-state index in [1.807, 2.05) is 6.92 Å². The molecular formula is C24H26F2N4O4. The third kappa shape index (κ3) is 6.38. The Hall–Kier alpha value is -3.79. The fraction of sp³-hybridized carbons (Fsp3) is 0.292. The number of aromatic amines is 1. The third-order valence-corrected chi connectivity index (χ3v) is 5.29. The highest BCUT2D eigenvalue weighted by atomic mass is 19.1. The highest BCUT2D eigenvalue weighted by Crippen LogP contribution is 2.23. The van der Waals surface area contributed by atoms with Gasteiger partial charge >= 0.3 is 0 Å². The summed E-state index contributed by atoms with van der Waals surface area (Å²) in [6.07, 6.45) is -1.04. The van der Waals surface area contributed by atoms with E-state index in [4.69, 9.17) is 4.74 Å². The number of nitrogens with one attached hydrogen (secondary N) is 3. The normalized spacial score (nSPS) is 13.6. The molecule has 1 heterocycles. The van der Waals surface area contributed by atoms with Crippen molar-refractivity contribution in [2.24, 2.45) is 0 Å². The zero-order valence-corrected chi connectivity index (χ0v) is 18.9. The van der Waals surface area contributed by atoms with Crippen molar-refractivity contribution in [3.8, 4) is 5.75 Å². The van der Waals surface area contributed by atoms with Gasteiger partial charge < -0.3 is 20.5 Å². The molecule has 0 radical (unpaired) electrons. The molecule has 0 saturated carbocycles. The molecule has 3 rings (SSSR count). The first kappa shape index (κ1) is 24.8. The zero-order chi connectivity index (χ0) is 24.8. The zero-order valence-electron chi connectivity index (χ0n) is 18.9. The smallest absolute Gasteiger partial charge is 0.254 e. The number of carbonyl (C=O) groups excluding carboxylic acids is 2. The number of aliphatic hydroxyl groups excluding tert-OH is 1. The maximum atomic E-state index is 13.5. The average Bonchev–Trinajstić information content (AvgIpc) is 3.24. The summed E-state index contributed by atoms with van der Waals surface area (Å²) in [5.74, 6) is -1.94. The molecule has 10 heteroatoms. The molecule has 4 N–H and O–H groups in total. The van der Waals surface area contributed by atoms with Crippen molar-refractivity contribution < 1.29 is 28.2 Å². The standard InChI is InChI=1S/C24H26F2N4O4/c1-13(16-9-17(25)11-18(26)10-16)8-19-12-21(30-29-19)28-23(32)14(2)27-24(33)22(31)15-4-6-20(34-3)7-5-15/h4-7,9-14,22,31H,8H2,1-3H3,(H,27,33)(H2,28,29,30,32). The van der Waals surface area contributed by atoms with Gasteiger partial charge in [0.25, 0.3) is 5.91 Å². The Morgan fingerprint density at radius 3 is 2.29 bits per heavy atom. The average molecular weight is 472 g/mol. The molecule has 0 saturated heterocycles. The van der Waals surface area contributed by atoms with Crippen LogP contribution in [0.25, 0.3) is 0 Å². The van der Waals surface area contributed by atoms with Crippen LogP contribution in [0.2, 0.25) is 0 Å². The first-order chi connectivity index (χ1) is 16.2. The van der Waals surface area contributed by atoms with Gasteiger partial charge in [-0.15, -0.1) is 0 Å². The van der Waals surface area contributed by atoms with E-state index in [1.54, 1.807) is 30.3 Å². The second kappa shape index (κ2) is 10.9. The summed E-state index contributed by atoms with van der Waals surface area (Å²) in [6.45, 7) is 3.29. The minimum absolute atomic E-state index is 0.202. The van der Waals surface area contributed by atoms with E-state index in [9.17, 15) is 23.5 Å². The summed E-state index contributed by atoms with van der Waals surface area (Å²) < 4.78 is 32.0. The molecule has 34 heavy (non-hydrogen) atoms. The molecule has 0 spiro atoms. The van der Waals surface area contributed by atoms with Gasteiger partial charge in [0.1, 0.15) is 23.4 Å². The Labute approximate surface area is 195 Å². The number of hydrogen-bond acceptors (Lipinski definition) is 5. The van der Waals surface area contributed by atoms with E-state index in [0.29, 0.717) is 29.0 Å². The number of anilines is 1. The molecule has 0 fully saturated rings. The molecule has 0 aliphatic carbocycles. The number of nitrogens with zero attached hydrogens (tertiary/aromatic N) is 1. The number of H-pyrrole nitrogens is 1. The van der Waals surface area contributed by atoms with Crippen molar-refractivity contribution in [3.63, 3.8) is 0 Å². The van der Waals surface area contributed by atoms with E-state index >= 15 is 0 Å². The second-order valence-corrected chi connectivity index (χ2v) is 7.98. The molecular weight excluding hydrogens is 446 g/mol. The first-order valence-electron chi connectivity index (χ1n) is 10.6. The van der Waals surface area contributed by atoms with Crippen LogP contribution in [0.3, 0.4) is 0 Å². The molecule has 0 bridgehead atoms. The van der Waals surface area contributed by atoms with Crippen LogP contribution in [0.1, 0.15) is 42.7 Å². The van der Waals surface area contributed by atoms with Gasteiger partial charge in [0.2, 0.25) is 5.91 Å². The lowest BCUT2D eigenvalue weighted by molar-refractivity contribution is -0.132. The second-order valence-electron chi connectivity index (χ2n) is 7.98. The van der Waals surface area contributed by atoms with Crippen LogP contribution in [-0.2, 0) is 16.0 Å². The van der Waals surface area contributed by atoms with Gasteiger partial charge in [-0.2, -0.15) is 5.10 Å². The Bertz CT molecular complexity index is 1130. The number of methoxy groups -OCH3 is 1. The van der Waals surface area contributed by atoms with Gasteiger partial charge in [0, 0.05) is 17.8 Å². The maximum Gasteiger partial charge on any atom is 0.254 e. The van der Waals surface area contributed by atoms with Crippen LogP contribution in [0, 0.1) is 11.6 Å². The lowest BCUT2D eigenvalue weighted by atomic mass is 9.96. The van der Waals surface area contributed by atoms with E-state index in [1.165, 1.54) is 26.2 Å². The Morgan fingerprint density at radius 1 is 1.03 bits per heavy atom. The lowest BCUT2D eigenvalue weighted by Gasteiger charge is -2.16.